The summed E-state index contributed by atoms with van der Waals surface area (Å²) >= 11 is 0. The molecule has 1 N–H and O–H groups in total. The zero-order valence-corrected chi connectivity index (χ0v) is 23.7. The molecule has 4 aliphatic carbocycles. The van der Waals surface area contributed by atoms with E-state index < -0.39 is 10.0 Å². The number of carbonyl (C=O) groups excluding carboxylic acids is 1. The molecule has 3 aromatic rings. The molecular formula is C33H38N2O3S. The van der Waals surface area contributed by atoms with Crippen LogP contribution in [0.5, 0.6) is 0 Å². The Morgan fingerprint density at radius 3 is 1.87 bits per heavy atom. The Hall–Kier alpha value is -2.96. The van der Waals surface area contributed by atoms with E-state index in [0.717, 1.165) is 17.5 Å². The van der Waals surface area contributed by atoms with Gasteiger partial charge in [0.1, 0.15) is 0 Å². The third kappa shape index (κ3) is 4.62. The predicted octanol–water partition coefficient (Wildman–Crippen LogP) is 6.76. The van der Waals surface area contributed by atoms with Crippen LogP contribution in [0.3, 0.4) is 0 Å². The summed E-state index contributed by atoms with van der Waals surface area (Å²) in [5, 5.41) is 3.00. The van der Waals surface area contributed by atoms with Gasteiger partial charge in [0, 0.05) is 24.3 Å². The van der Waals surface area contributed by atoms with E-state index in [4.69, 9.17) is 0 Å². The fourth-order valence-corrected chi connectivity index (χ4v) is 9.79. The Morgan fingerprint density at radius 1 is 0.795 bits per heavy atom. The molecule has 0 saturated heterocycles. The van der Waals surface area contributed by atoms with Gasteiger partial charge < -0.3 is 5.32 Å². The van der Waals surface area contributed by atoms with Crippen molar-refractivity contribution in [3.63, 3.8) is 0 Å². The van der Waals surface area contributed by atoms with Gasteiger partial charge in [-0.1, -0.05) is 56.3 Å². The summed E-state index contributed by atoms with van der Waals surface area (Å²) in [6, 6.07) is 25.9. The number of anilines is 1. The lowest BCUT2D eigenvalue weighted by molar-refractivity contribution is -0.0281. The van der Waals surface area contributed by atoms with Crippen molar-refractivity contribution in [2.24, 2.45) is 11.8 Å². The van der Waals surface area contributed by atoms with Crippen LogP contribution in [0.2, 0.25) is 0 Å². The summed E-state index contributed by atoms with van der Waals surface area (Å²) in [4.78, 5) is 13.2. The molecule has 39 heavy (non-hydrogen) atoms. The van der Waals surface area contributed by atoms with Gasteiger partial charge in [-0.3, -0.25) is 4.79 Å². The Labute approximate surface area is 232 Å². The highest BCUT2D eigenvalue weighted by atomic mass is 32.2. The van der Waals surface area contributed by atoms with Crippen LogP contribution in [0.25, 0.3) is 0 Å². The summed E-state index contributed by atoms with van der Waals surface area (Å²) in [6.45, 7) is 4.46. The minimum Gasteiger partial charge on any atom is -0.322 e. The van der Waals surface area contributed by atoms with Crippen LogP contribution in [0, 0.1) is 11.8 Å². The summed E-state index contributed by atoms with van der Waals surface area (Å²) in [5.41, 5.74) is 4.62. The van der Waals surface area contributed by atoms with Gasteiger partial charge in [-0.05, 0) is 109 Å². The van der Waals surface area contributed by atoms with Crippen molar-refractivity contribution in [2.45, 2.75) is 68.1 Å². The lowest BCUT2D eigenvalue weighted by atomic mass is 9.42. The Balaban J connectivity index is 1.18. The van der Waals surface area contributed by atoms with Gasteiger partial charge in [-0.25, -0.2) is 8.42 Å². The number of benzene rings is 3. The molecule has 0 aromatic heterocycles. The normalized spacial score (nSPS) is 27.6. The highest BCUT2D eigenvalue weighted by Gasteiger charge is 2.58. The predicted molar refractivity (Wildman–Crippen MR) is 155 cm³/mol. The van der Waals surface area contributed by atoms with E-state index in [1.807, 2.05) is 26.0 Å². The topological polar surface area (TPSA) is 66.5 Å². The molecule has 1 amide bonds. The number of nitrogens with zero attached hydrogens (tertiary/aromatic N) is 1. The Bertz CT molecular complexity index is 1430. The number of rotatable bonds is 8. The molecule has 4 bridgehead atoms. The summed E-state index contributed by atoms with van der Waals surface area (Å²) < 4.78 is 26.9. The molecule has 4 atom stereocenters. The van der Waals surface area contributed by atoms with Crippen molar-refractivity contribution in [3.05, 3.63) is 95.6 Å². The maximum atomic E-state index is 13.0. The first-order chi connectivity index (χ1) is 18.8. The van der Waals surface area contributed by atoms with Crippen molar-refractivity contribution in [1.82, 2.24) is 4.31 Å². The zero-order chi connectivity index (χ0) is 27.3. The largest absolute Gasteiger partial charge is 0.322 e. The molecule has 7 rings (SSSR count). The molecule has 0 spiro atoms. The number of amides is 1. The average molecular weight is 543 g/mol. The molecule has 4 aliphatic rings. The molecule has 3 aromatic carbocycles. The van der Waals surface area contributed by atoms with Crippen LogP contribution in [-0.2, 0) is 20.9 Å². The van der Waals surface area contributed by atoms with Crippen molar-refractivity contribution < 1.29 is 13.2 Å². The second-order valence-electron chi connectivity index (χ2n) is 12.0. The highest BCUT2D eigenvalue weighted by Crippen LogP contribution is 2.66. The molecule has 204 valence electrons. The summed E-state index contributed by atoms with van der Waals surface area (Å²) in [7, 11) is -3.55. The molecule has 0 radical (unpaired) electrons. The van der Waals surface area contributed by atoms with Gasteiger partial charge in [-0.2, -0.15) is 4.31 Å². The standard InChI is InChI=1S/C33H38N2O3S/c1-3-35(4-2)39(37,38)30-16-10-26(11-17-30)31(36)34-29-14-12-28(13-15-29)33-21-24-18-25(22-33)20-32(19-24,23-33)27-8-6-5-7-9-27/h5-17,24-25H,3-4,18-23H2,1-2H3,(H,34,36)/t24-,25+,32?,33?. The van der Waals surface area contributed by atoms with Crippen LogP contribution >= 0.6 is 0 Å². The monoisotopic (exact) mass is 542 g/mol. The van der Waals surface area contributed by atoms with Crippen LogP contribution in [0.1, 0.15) is 73.9 Å². The minimum absolute atomic E-state index is 0.205. The number of sulfonamides is 1. The first kappa shape index (κ1) is 26.3. The van der Waals surface area contributed by atoms with Gasteiger partial charge in [-0.15, -0.1) is 0 Å². The molecule has 6 heteroatoms. The number of nitrogens with one attached hydrogen (secondary N) is 1. The first-order valence-electron chi connectivity index (χ1n) is 14.3. The van der Waals surface area contributed by atoms with Gasteiger partial charge in [0.15, 0.2) is 0 Å². The fraction of sp³-hybridized carbons (Fsp3) is 0.424. The van der Waals surface area contributed by atoms with E-state index in [9.17, 15) is 13.2 Å². The molecule has 5 nitrogen and oxygen atoms in total. The Kier molecular flexibility index (Phi) is 6.67. The van der Waals surface area contributed by atoms with Crippen LogP contribution in [0.4, 0.5) is 5.69 Å². The second kappa shape index (κ2) is 9.90. The highest BCUT2D eigenvalue weighted by molar-refractivity contribution is 7.89. The van der Waals surface area contributed by atoms with E-state index in [2.05, 4.69) is 47.8 Å². The maximum Gasteiger partial charge on any atom is 0.255 e. The lowest BCUT2D eigenvalue weighted by Gasteiger charge is -2.62. The van der Waals surface area contributed by atoms with Gasteiger partial charge in [0.05, 0.1) is 4.90 Å². The van der Waals surface area contributed by atoms with E-state index in [1.54, 1.807) is 12.1 Å². The minimum atomic E-state index is -3.55. The van der Waals surface area contributed by atoms with Crippen molar-refractivity contribution in [1.29, 1.82) is 0 Å². The van der Waals surface area contributed by atoms with Gasteiger partial charge >= 0.3 is 0 Å². The molecule has 4 saturated carbocycles. The summed E-state index contributed by atoms with van der Waals surface area (Å²) in [5.74, 6) is 1.34. The maximum absolute atomic E-state index is 13.0. The van der Waals surface area contributed by atoms with Crippen molar-refractivity contribution >= 4 is 21.6 Å². The number of carbonyl (C=O) groups is 1. The lowest BCUT2D eigenvalue weighted by Crippen LogP contribution is -2.55. The van der Waals surface area contributed by atoms with Crippen LogP contribution in [0.15, 0.2) is 83.8 Å². The van der Waals surface area contributed by atoms with E-state index in [0.29, 0.717) is 24.1 Å². The first-order valence-corrected chi connectivity index (χ1v) is 15.8. The molecule has 0 aliphatic heterocycles. The van der Waals surface area contributed by atoms with E-state index >= 15 is 0 Å². The van der Waals surface area contributed by atoms with Gasteiger partial charge in [0.25, 0.3) is 5.91 Å². The zero-order valence-electron chi connectivity index (χ0n) is 22.9. The number of hydrogen-bond donors (Lipinski definition) is 1. The third-order valence-corrected chi connectivity index (χ3v) is 11.7. The fourth-order valence-electron chi connectivity index (χ4n) is 8.33. The smallest absolute Gasteiger partial charge is 0.255 e. The van der Waals surface area contributed by atoms with Gasteiger partial charge in [0.2, 0.25) is 10.0 Å². The molecule has 2 unspecified atom stereocenters. The number of hydrogen-bond acceptors (Lipinski definition) is 3. The van der Waals surface area contributed by atoms with Crippen molar-refractivity contribution in [3.8, 4) is 0 Å². The molecule has 4 fully saturated rings. The third-order valence-electron chi connectivity index (χ3n) is 9.66. The van der Waals surface area contributed by atoms with Crippen LogP contribution in [-0.4, -0.2) is 31.7 Å². The molecular weight excluding hydrogens is 504 g/mol. The Morgan fingerprint density at radius 2 is 1.33 bits per heavy atom. The van der Waals surface area contributed by atoms with Crippen LogP contribution < -0.4 is 5.32 Å². The van der Waals surface area contributed by atoms with E-state index in [-0.39, 0.29) is 16.2 Å². The quantitative estimate of drug-likeness (QED) is 0.342. The van der Waals surface area contributed by atoms with Crippen molar-refractivity contribution in [2.75, 3.05) is 18.4 Å². The summed E-state index contributed by atoms with van der Waals surface area (Å²) in [6.07, 6.45) is 7.76. The second-order valence-corrected chi connectivity index (χ2v) is 14.0. The molecule has 0 heterocycles. The SMILES string of the molecule is CCN(CC)S(=O)(=O)c1ccc(C(=O)Nc2ccc(C34C[C@@H]5C[C@@H](CC(c6ccccc6)(C5)C3)C4)cc2)cc1. The average Bonchev–Trinajstić information content (AvgIpc) is 2.94. The van der Waals surface area contributed by atoms with E-state index in [1.165, 1.54) is 66.1 Å².